The Morgan fingerprint density at radius 2 is 1.12 bits per heavy atom. The van der Waals surface area contributed by atoms with Crippen LogP contribution < -0.4 is 4.74 Å². The molecule has 0 aromatic heterocycles. The molecule has 1 saturated carbocycles. The molecular weight excluding hydrogens is 500 g/mol. The summed E-state index contributed by atoms with van der Waals surface area (Å²) in [5.41, 5.74) is 11.7. The second-order valence-corrected chi connectivity index (χ2v) is 10.6. The van der Waals surface area contributed by atoms with Crippen molar-refractivity contribution in [3.63, 3.8) is 0 Å². The molecule has 1 aliphatic rings. The van der Waals surface area contributed by atoms with Gasteiger partial charge in [-0.3, -0.25) is 0 Å². The Morgan fingerprint density at radius 3 is 1.66 bits per heavy atom. The van der Waals surface area contributed by atoms with Gasteiger partial charge in [0.2, 0.25) is 0 Å². The monoisotopic (exact) mass is 534 g/mol. The van der Waals surface area contributed by atoms with Crippen molar-refractivity contribution in [1.29, 1.82) is 0 Å². The van der Waals surface area contributed by atoms with Gasteiger partial charge in [-0.1, -0.05) is 140 Å². The van der Waals surface area contributed by atoms with Crippen LogP contribution in [-0.2, 0) is 11.3 Å². The van der Waals surface area contributed by atoms with Crippen LogP contribution in [0.4, 0.5) is 0 Å². The fourth-order valence-corrected chi connectivity index (χ4v) is 5.73. The van der Waals surface area contributed by atoms with Crippen molar-refractivity contribution in [2.45, 2.75) is 25.6 Å². The van der Waals surface area contributed by atoms with Crippen LogP contribution >= 0.6 is 0 Å². The third-order valence-electron chi connectivity index (χ3n) is 7.90. The normalized spacial score (nSPS) is 14.0. The number of ether oxygens (including phenoxy) is 2. The smallest absolute Gasteiger partial charge is 0.125 e. The average Bonchev–Trinajstić information content (AvgIpc) is 3.84. The van der Waals surface area contributed by atoms with E-state index in [4.69, 9.17) is 9.47 Å². The quantitative estimate of drug-likeness (QED) is 0.166. The molecule has 5 aromatic rings. The Labute approximate surface area is 243 Å². The predicted molar refractivity (Wildman–Crippen MR) is 167 cm³/mol. The van der Waals surface area contributed by atoms with E-state index in [0.29, 0.717) is 6.61 Å². The van der Waals surface area contributed by atoms with Crippen molar-refractivity contribution in [1.82, 2.24) is 0 Å². The molecule has 1 unspecified atom stereocenters. The van der Waals surface area contributed by atoms with Crippen LogP contribution in [0.1, 0.15) is 46.8 Å². The number of methoxy groups -OCH3 is 1. The maximum atomic E-state index is 6.42. The predicted octanol–water partition coefficient (Wildman–Crippen LogP) is 9.55. The molecule has 202 valence electrons. The van der Waals surface area contributed by atoms with Crippen LogP contribution in [0.15, 0.2) is 151 Å². The van der Waals surface area contributed by atoms with Gasteiger partial charge < -0.3 is 9.47 Å². The average molecular weight is 535 g/mol. The van der Waals surface area contributed by atoms with Crippen molar-refractivity contribution < 1.29 is 9.47 Å². The highest BCUT2D eigenvalue weighted by atomic mass is 16.5. The molecule has 0 heterocycles. The lowest BCUT2D eigenvalue weighted by Crippen LogP contribution is -2.19. The molecule has 41 heavy (non-hydrogen) atoms. The topological polar surface area (TPSA) is 18.5 Å². The van der Waals surface area contributed by atoms with Crippen molar-refractivity contribution in [3.05, 3.63) is 179 Å². The maximum absolute atomic E-state index is 6.42. The second kappa shape index (κ2) is 12.3. The Balaban J connectivity index is 1.51. The standard InChI is InChI=1S/C39H34O2/c1-40-38(34-24-14-15-25-37(34)41-29-30-16-6-2-7-17-30)39(26-27-39)36(33-22-12-5-13-23-33)28-35(31-18-8-3-9-19-31)32-20-10-4-11-21-32/h2-25,38H,26-27,29H2,1H3. The molecule has 0 amide bonds. The van der Waals surface area contributed by atoms with Gasteiger partial charge in [0.15, 0.2) is 0 Å². The molecule has 1 aliphatic carbocycles. The van der Waals surface area contributed by atoms with Gasteiger partial charge >= 0.3 is 0 Å². The van der Waals surface area contributed by atoms with E-state index in [1.54, 1.807) is 0 Å². The minimum absolute atomic E-state index is 0.190. The van der Waals surface area contributed by atoms with E-state index in [9.17, 15) is 0 Å². The molecule has 0 N–H and O–H groups in total. The van der Waals surface area contributed by atoms with Gasteiger partial charge in [-0.05, 0) is 41.2 Å². The first-order valence-electron chi connectivity index (χ1n) is 14.2. The van der Waals surface area contributed by atoms with Gasteiger partial charge in [-0.25, -0.2) is 0 Å². The zero-order chi connectivity index (χ0) is 27.9. The summed E-state index contributed by atoms with van der Waals surface area (Å²) in [6.45, 7) is 0.509. The SMILES string of the molecule is COC(c1ccccc1OCc1ccccc1)C1(C(=C=C(c2ccccc2)c2ccccc2)c2ccccc2)CC1. The second-order valence-electron chi connectivity index (χ2n) is 10.6. The van der Waals surface area contributed by atoms with Crippen LogP contribution in [0, 0.1) is 5.41 Å². The summed E-state index contributed by atoms with van der Waals surface area (Å²) in [7, 11) is 1.82. The van der Waals surface area contributed by atoms with Crippen molar-refractivity contribution in [2.24, 2.45) is 5.41 Å². The van der Waals surface area contributed by atoms with Crippen molar-refractivity contribution in [2.75, 3.05) is 7.11 Å². The largest absolute Gasteiger partial charge is 0.489 e. The van der Waals surface area contributed by atoms with E-state index in [1.807, 2.05) is 31.4 Å². The fourth-order valence-electron chi connectivity index (χ4n) is 5.73. The molecule has 0 aliphatic heterocycles. The summed E-state index contributed by atoms with van der Waals surface area (Å²) in [6.07, 6.45) is 1.82. The molecule has 0 bridgehead atoms. The summed E-state index contributed by atoms with van der Waals surface area (Å²) >= 11 is 0. The van der Waals surface area contributed by atoms with Crippen molar-refractivity contribution >= 4 is 11.1 Å². The van der Waals surface area contributed by atoms with Crippen LogP contribution in [-0.4, -0.2) is 7.11 Å². The highest BCUT2D eigenvalue weighted by Crippen LogP contribution is 2.64. The van der Waals surface area contributed by atoms with Crippen LogP contribution in [0.3, 0.4) is 0 Å². The third kappa shape index (κ3) is 5.81. The summed E-state index contributed by atoms with van der Waals surface area (Å²) in [6, 6.07) is 50.4. The third-order valence-corrected chi connectivity index (χ3v) is 7.90. The first-order valence-corrected chi connectivity index (χ1v) is 14.2. The number of benzene rings is 5. The van der Waals surface area contributed by atoms with Crippen LogP contribution in [0.2, 0.25) is 0 Å². The minimum atomic E-state index is -0.239. The van der Waals surface area contributed by atoms with Gasteiger partial charge in [-0.15, -0.1) is 5.73 Å². The Kier molecular flexibility index (Phi) is 7.96. The Bertz CT molecular complexity index is 1590. The summed E-state index contributed by atoms with van der Waals surface area (Å²) in [5, 5.41) is 0. The van der Waals surface area contributed by atoms with Gasteiger partial charge in [0.05, 0.1) is 6.10 Å². The van der Waals surface area contributed by atoms with E-state index in [2.05, 4.69) is 127 Å². The first-order chi connectivity index (χ1) is 20.3. The van der Waals surface area contributed by atoms with Gasteiger partial charge in [0.1, 0.15) is 12.4 Å². The number of rotatable bonds is 10. The van der Waals surface area contributed by atoms with Gasteiger partial charge in [0.25, 0.3) is 0 Å². The number of para-hydroxylation sites is 1. The van der Waals surface area contributed by atoms with E-state index in [0.717, 1.165) is 46.4 Å². The lowest BCUT2D eigenvalue weighted by atomic mass is 9.81. The molecule has 6 rings (SSSR count). The molecule has 1 fully saturated rings. The molecule has 0 radical (unpaired) electrons. The highest BCUT2D eigenvalue weighted by molar-refractivity contribution is 5.86. The molecule has 2 heteroatoms. The minimum Gasteiger partial charge on any atom is -0.489 e. The van der Waals surface area contributed by atoms with Gasteiger partial charge in [-0.2, -0.15) is 0 Å². The lowest BCUT2D eigenvalue weighted by molar-refractivity contribution is 0.0590. The Morgan fingerprint density at radius 1 is 0.634 bits per heavy atom. The Hall–Kier alpha value is -4.62. The first kappa shape index (κ1) is 26.6. The van der Waals surface area contributed by atoms with Crippen LogP contribution in [0.25, 0.3) is 11.1 Å². The van der Waals surface area contributed by atoms with Crippen molar-refractivity contribution in [3.8, 4) is 5.75 Å². The fraction of sp³-hybridized carbons (Fsp3) is 0.154. The lowest BCUT2D eigenvalue weighted by Gasteiger charge is -2.29. The molecule has 2 nitrogen and oxygen atoms in total. The molecule has 0 saturated heterocycles. The molecule has 1 atom stereocenters. The summed E-state index contributed by atoms with van der Waals surface area (Å²) < 4.78 is 12.8. The highest BCUT2D eigenvalue weighted by Gasteiger charge is 2.54. The van der Waals surface area contributed by atoms with Gasteiger partial charge in [0, 0.05) is 29.2 Å². The molecule has 5 aromatic carbocycles. The van der Waals surface area contributed by atoms with Crippen LogP contribution in [0.5, 0.6) is 5.75 Å². The summed E-state index contributed by atoms with van der Waals surface area (Å²) in [4.78, 5) is 0. The van der Waals surface area contributed by atoms with E-state index >= 15 is 0 Å². The number of hydrogen-bond donors (Lipinski definition) is 0. The maximum Gasteiger partial charge on any atom is 0.125 e. The zero-order valence-electron chi connectivity index (χ0n) is 23.4. The zero-order valence-corrected chi connectivity index (χ0v) is 23.4. The van der Waals surface area contributed by atoms with E-state index in [1.165, 1.54) is 11.1 Å². The van der Waals surface area contributed by atoms with E-state index < -0.39 is 0 Å². The molecule has 0 spiro atoms. The molecular formula is C39H34O2. The summed E-state index contributed by atoms with van der Waals surface area (Å²) in [5.74, 6) is 0.859. The van der Waals surface area contributed by atoms with E-state index in [-0.39, 0.29) is 11.5 Å². The number of hydrogen-bond acceptors (Lipinski definition) is 2.